The van der Waals surface area contributed by atoms with E-state index >= 15 is 0 Å². The molecular formula is C34H41N7O12. The summed E-state index contributed by atoms with van der Waals surface area (Å²) in [5.41, 5.74) is 7.51. The summed E-state index contributed by atoms with van der Waals surface area (Å²) in [6.07, 6.45) is -0.149. The Morgan fingerprint density at radius 1 is 0.774 bits per heavy atom. The third kappa shape index (κ3) is 14.0. The number of carboxylic acid groups (broad SMARTS) is 1. The number of para-hydroxylation sites is 1. The molecule has 2 aromatic carbocycles. The van der Waals surface area contributed by atoms with Crippen LogP contribution in [0.5, 0.6) is 0 Å². The number of carboxylic acids is 1. The van der Waals surface area contributed by atoms with Crippen molar-refractivity contribution in [3.05, 3.63) is 71.9 Å². The van der Waals surface area contributed by atoms with Crippen LogP contribution in [0.15, 0.2) is 60.8 Å². The molecule has 0 saturated heterocycles. The maximum Gasteiger partial charge on any atom is 0.410 e. The van der Waals surface area contributed by atoms with Crippen LogP contribution in [0.3, 0.4) is 0 Å². The number of carbonyl (C=O) groups is 8. The zero-order valence-corrected chi connectivity index (χ0v) is 28.8. The Bertz CT molecular complexity index is 1780. The van der Waals surface area contributed by atoms with Gasteiger partial charge in [-0.25, -0.2) is 9.59 Å². The van der Waals surface area contributed by atoms with Gasteiger partial charge in [0.2, 0.25) is 30.4 Å². The molecule has 19 heteroatoms. The molecule has 0 aliphatic heterocycles. The van der Waals surface area contributed by atoms with Crippen molar-refractivity contribution >= 4 is 58.5 Å². The summed E-state index contributed by atoms with van der Waals surface area (Å²) in [6, 6.07) is 10.8. The van der Waals surface area contributed by atoms with Gasteiger partial charge in [0.25, 0.3) is 0 Å². The standard InChI is InChI=1S/C34H41N7O12/c1-19(35)33(49)52-18-53-34(50)41-25(12-22-14-36-24-11-7-6-10-23(22)24)31(46)39-20(2)30(45)38-15-27(42)37-16-28(43)40-26(32(47)48)13-29(44)51-17-21-8-4-3-5-9-21/h3-11,14,19-20,25-26,36H,12-13,15-18,35H2,1-2H3,(H,37,42)(H,38,45)(H,39,46)(H,40,43)(H,41,50)(H,47,48)/t19-,20-,25-,26-/m0/s1. The number of aliphatic carboxylic acids is 1. The van der Waals surface area contributed by atoms with Gasteiger partial charge in [-0.05, 0) is 31.0 Å². The molecule has 0 fully saturated rings. The number of H-pyrrole nitrogens is 1. The van der Waals surface area contributed by atoms with Gasteiger partial charge in [-0.15, -0.1) is 0 Å². The minimum atomic E-state index is -1.62. The molecule has 0 radical (unpaired) electrons. The number of hydrogen-bond donors (Lipinski definition) is 8. The van der Waals surface area contributed by atoms with E-state index in [-0.39, 0.29) is 13.0 Å². The number of hydrogen-bond acceptors (Lipinski definition) is 12. The van der Waals surface area contributed by atoms with Crippen molar-refractivity contribution in [2.24, 2.45) is 5.73 Å². The van der Waals surface area contributed by atoms with Gasteiger partial charge in [0.1, 0.15) is 30.8 Å². The van der Waals surface area contributed by atoms with E-state index in [0.717, 1.165) is 10.9 Å². The molecule has 0 aliphatic carbocycles. The molecule has 3 rings (SSSR count). The van der Waals surface area contributed by atoms with Gasteiger partial charge >= 0.3 is 24.0 Å². The molecule has 5 amide bonds. The van der Waals surface area contributed by atoms with Crippen LogP contribution < -0.4 is 32.3 Å². The van der Waals surface area contributed by atoms with Gasteiger partial charge in [0.15, 0.2) is 0 Å². The number of alkyl carbamates (subject to hydrolysis) is 1. The minimum absolute atomic E-state index is 0.0407. The lowest BCUT2D eigenvalue weighted by Gasteiger charge is -2.21. The molecule has 1 heterocycles. The monoisotopic (exact) mass is 739 g/mol. The normalized spacial score (nSPS) is 12.9. The second kappa shape index (κ2) is 20.4. The Hall–Kier alpha value is -6.50. The van der Waals surface area contributed by atoms with Crippen molar-refractivity contribution in [3.8, 4) is 0 Å². The van der Waals surface area contributed by atoms with Crippen LogP contribution in [0.2, 0.25) is 0 Å². The Morgan fingerprint density at radius 3 is 2.15 bits per heavy atom. The molecule has 53 heavy (non-hydrogen) atoms. The highest BCUT2D eigenvalue weighted by atomic mass is 16.7. The van der Waals surface area contributed by atoms with E-state index < -0.39 is 98.1 Å². The molecule has 9 N–H and O–H groups in total. The highest BCUT2D eigenvalue weighted by Crippen LogP contribution is 2.19. The fourth-order valence-electron chi connectivity index (χ4n) is 4.54. The highest BCUT2D eigenvalue weighted by molar-refractivity contribution is 5.94. The maximum absolute atomic E-state index is 13.3. The van der Waals surface area contributed by atoms with Crippen molar-refractivity contribution in [1.29, 1.82) is 0 Å². The number of benzene rings is 2. The number of ether oxygens (including phenoxy) is 3. The van der Waals surface area contributed by atoms with E-state index in [1.807, 2.05) is 12.1 Å². The first-order valence-corrected chi connectivity index (χ1v) is 16.2. The molecular weight excluding hydrogens is 698 g/mol. The number of nitrogens with two attached hydrogens (primary N) is 1. The third-order valence-corrected chi connectivity index (χ3v) is 7.34. The average Bonchev–Trinajstić information content (AvgIpc) is 3.54. The minimum Gasteiger partial charge on any atom is -0.480 e. The van der Waals surface area contributed by atoms with Gasteiger partial charge < -0.3 is 56.6 Å². The molecule has 19 nitrogen and oxygen atoms in total. The quantitative estimate of drug-likeness (QED) is 0.0547. The molecule has 0 saturated carbocycles. The molecule has 284 valence electrons. The molecule has 0 aliphatic rings. The number of aromatic amines is 1. The Balaban J connectivity index is 1.47. The number of carbonyl (C=O) groups excluding carboxylic acids is 7. The fraction of sp³-hybridized carbons (Fsp3) is 0.353. The first kappa shape index (κ1) is 40.9. The second-order valence-corrected chi connectivity index (χ2v) is 11.6. The fourth-order valence-corrected chi connectivity index (χ4v) is 4.54. The molecule has 0 bridgehead atoms. The third-order valence-electron chi connectivity index (χ3n) is 7.34. The summed E-state index contributed by atoms with van der Waals surface area (Å²) >= 11 is 0. The first-order chi connectivity index (χ1) is 25.2. The lowest BCUT2D eigenvalue weighted by atomic mass is 10.0. The van der Waals surface area contributed by atoms with Crippen molar-refractivity contribution < 1.29 is 57.7 Å². The number of amides is 5. The van der Waals surface area contributed by atoms with Crippen LogP contribution in [0, 0.1) is 0 Å². The smallest absolute Gasteiger partial charge is 0.410 e. The average molecular weight is 740 g/mol. The number of esters is 2. The van der Waals surface area contributed by atoms with Gasteiger partial charge in [0.05, 0.1) is 19.5 Å². The highest BCUT2D eigenvalue weighted by Gasteiger charge is 2.27. The van der Waals surface area contributed by atoms with Gasteiger partial charge in [-0.1, -0.05) is 48.5 Å². The maximum atomic E-state index is 13.3. The van der Waals surface area contributed by atoms with Crippen LogP contribution >= 0.6 is 0 Å². The van der Waals surface area contributed by atoms with Crippen molar-refractivity contribution in [3.63, 3.8) is 0 Å². The lowest BCUT2D eigenvalue weighted by Crippen LogP contribution is -2.54. The van der Waals surface area contributed by atoms with Crippen molar-refractivity contribution in [2.45, 2.75) is 57.5 Å². The lowest BCUT2D eigenvalue weighted by molar-refractivity contribution is -0.153. The van der Waals surface area contributed by atoms with E-state index in [1.54, 1.807) is 48.7 Å². The predicted octanol–water partition coefficient (Wildman–Crippen LogP) is -0.907. The molecule has 0 unspecified atom stereocenters. The van der Waals surface area contributed by atoms with Gasteiger partial charge in [-0.2, -0.15) is 0 Å². The summed E-state index contributed by atoms with van der Waals surface area (Å²) in [6.45, 7) is 0.555. The van der Waals surface area contributed by atoms with Crippen LogP contribution in [0.1, 0.15) is 31.4 Å². The number of fused-ring (bicyclic) bond motifs is 1. The van der Waals surface area contributed by atoms with E-state index in [2.05, 4.69) is 31.6 Å². The van der Waals surface area contributed by atoms with Crippen LogP contribution in [0.4, 0.5) is 4.79 Å². The summed E-state index contributed by atoms with van der Waals surface area (Å²) in [4.78, 5) is 101. The number of nitrogens with one attached hydrogen (secondary N) is 6. The van der Waals surface area contributed by atoms with E-state index in [9.17, 15) is 43.5 Å². The summed E-state index contributed by atoms with van der Waals surface area (Å²) in [5, 5.41) is 21.6. The van der Waals surface area contributed by atoms with E-state index in [0.29, 0.717) is 11.1 Å². The Kier molecular flexibility index (Phi) is 15.7. The van der Waals surface area contributed by atoms with Crippen LogP contribution in [-0.4, -0.2) is 102 Å². The summed E-state index contributed by atoms with van der Waals surface area (Å²) < 4.78 is 14.6. The predicted molar refractivity (Wildman–Crippen MR) is 184 cm³/mol. The molecule has 1 aromatic heterocycles. The Morgan fingerprint density at radius 2 is 1.45 bits per heavy atom. The largest absolute Gasteiger partial charge is 0.480 e. The van der Waals surface area contributed by atoms with Crippen LogP contribution in [-0.2, 0) is 60.8 Å². The molecule has 4 atom stereocenters. The van der Waals surface area contributed by atoms with Crippen molar-refractivity contribution in [2.75, 3.05) is 19.9 Å². The Labute approximate surface area is 302 Å². The number of aromatic nitrogens is 1. The zero-order chi connectivity index (χ0) is 38.9. The van der Waals surface area contributed by atoms with E-state index in [1.165, 1.54) is 13.8 Å². The SMILES string of the molecule is C[C@H](N)C(=O)OCOC(=O)N[C@@H](Cc1c[nH]c2ccccc12)C(=O)N[C@@H](C)C(=O)NCC(=O)NCC(=O)N[C@@H](CC(=O)OCc1ccccc1)C(=O)O. The van der Waals surface area contributed by atoms with E-state index in [4.69, 9.17) is 19.9 Å². The summed E-state index contributed by atoms with van der Waals surface area (Å²) in [5.74, 6) is -6.52. The first-order valence-electron chi connectivity index (χ1n) is 16.2. The topological polar surface area (TPSA) is 286 Å². The van der Waals surface area contributed by atoms with Gasteiger partial charge in [0, 0.05) is 23.5 Å². The number of rotatable bonds is 19. The summed E-state index contributed by atoms with van der Waals surface area (Å²) in [7, 11) is 0. The van der Waals surface area contributed by atoms with Crippen molar-refractivity contribution in [1.82, 2.24) is 31.6 Å². The molecule has 3 aromatic rings. The second-order valence-electron chi connectivity index (χ2n) is 11.6. The molecule has 0 spiro atoms. The zero-order valence-electron chi connectivity index (χ0n) is 28.8. The van der Waals surface area contributed by atoms with Crippen LogP contribution in [0.25, 0.3) is 10.9 Å². The van der Waals surface area contributed by atoms with Gasteiger partial charge in [-0.3, -0.25) is 28.8 Å².